The molecule has 0 heterocycles. The monoisotopic (exact) mass is 228 g/mol. The van der Waals surface area contributed by atoms with Crippen molar-refractivity contribution in [1.29, 1.82) is 0 Å². The highest BCUT2D eigenvalue weighted by Gasteiger charge is 2.13. The van der Waals surface area contributed by atoms with Gasteiger partial charge < -0.3 is 4.74 Å². The largest absolute Gasteiger partial charge is 0.462 e. The minimum absolute atomic E-state index is 0. The highest BCUT2D eigenvalue weighted by Crippen LogP contribution is 2.19. The van der Waals surface area contributed by atoms with Crippen molar-refractivity contribution in [2.45, 2.75) is 53.9 Å². The molecule has 0 radical (unpaired) electrons. The number of hydrogen-bond acceptors (Lipinski definition) is 2. The van der Waals surface area contributed by atoms with Crippen LogP contribution >= 0.6 is 0 Å². The first-order valence-corrected chi connectivity index (χ1v) is 5.93. The lowest BCUT2D eigenvalue weighted by Gasteiger charge is -2.19. The number of rotatable bonds is 8. The molecule has 0 aromatic rings. The molecule has 0 fully saturated rings. The molecule has 0 spiro atoms. The molecule has 0 aromatic heterocycles. The van der Waals surface area contributed by atoms with Crippen LogP contribution in [0.15, 0.2) is 12.7 Å². The second-order valence-corrected chi connectivity index (χ2v) is 4.24. The van der Waals surface area contributed by atoms with Gasteiger partial charge in [0, 0.05) is 6.08 Å². The highest BCUT2D eigenvalue weighted by atomic mass is 16.5. The van der Waals surface area contributed by atoms with Crippen molar-refractivity contribution in [1.82, 2.24) is 0 Å². The minimum Gasteiger partial charge on any atom is -0.462 e. The first-order chi connectivity index (χ1) is 7.13. The number of ether oxygens (including phenoxy) is 1. The first kappa shape index (κ1) is 17.6. The molecule has 0 N–H and O–H groups in total. The van der Waals surface area contributed by atoms with Crippen LogP contribution in [-0.4, -0.2) is 12.6 Å². The first-order valence-electron chi connectivity index (χ1n) is 5.93. The molecular weight excluding hydrogens is 200 g/mol. The third-order valence-corrected chi connectivity index (χ3v) is 2.76. The summed E-state index contributed by atoms with van der Waals surface area (Å²) < 4.78 is 5.09. The van der Waals surface area contributed by atoms with Gasteiger partial charge in [-0.25, -0.2) is 4.79 Å². The van der Waals surface area contributed by atoms with E-state index in [1.165, 1.54) is 12.5 Å². The molecule has 2 atom stereocenters. The van der Waals surface area contributed by atoms with Crippen LogP contribution in [0.3, 0.4) is 0 Å². The fourth-order valence-corrected chi connectivity index (χ4v) is 1.67. The summed E-state index contributed by atoms with van der Waals surface area (Å²) in [7, 11) is 0. The summed E-state index contributed by atoms with van der Waals surface area (Å²) in [5, 5.41) is 0. The van der Waals surface area contributed by atoms with Crippen LogP contribution < -0.4 is 0 Å². The van der Waals surface area contributed by atoms with Crippen LogP contribution in [0.5, 0.6) is 0 Å². The lowest BCUT2D eigenvalue weighted by molar-refractivity contribution is -0.139. The van der Waals surface area contributed by atoms with E-state index >= 15 is 0 Å². The summed E-state index contributed by atoms with van der Waals surface area (Å²) >= 11 is 0. The van der Waals surface area contributed by atoms with Crippen molar-refractivity contribution in [3.8, 4) is 0 Å². The van der Waals surface area contributed by atoms with Gasteiger partial charge in [0.15, 0.2) is 0 Å². The van der Waals surface area contributed by atoms with Gasteiger partial charge in [-0.05, 0) is 24.7 Å². The standard InChI is InChI=1S/C13H24O2.CH4/c1-5-8-12(9-11(4)6-2)10-15-13(14)7-3;/h7,11-12H,3,5-6,8-10H2,1-2,4H3;1H4. The third-order valence-electron chi connectivity index (χ3n) is 2.76. The lowest BCUT2D eigenvalue weighted by atomic mass is 9.91. The molecule has 2 nitrogen and oxygen atoms in total. The van der Waals surface area contributed by atoms with Gasteiger partial charge in [-0.3, -0.25) is 0 Å². The summed E-state index contributed by atoms with van der Waals surface area (Å²) in [5.41, 5.74) is 0. The van der Waals surface area contributed by atoms with Crippen molar-refractivity contribution in [3.63, 3.8) is 0 Å². The Bertz CT molecular complexity index is 187. The van der Waals surface area contributed by atoms with Crippen LogP contribution in [0.25, 0.3) is 0 Å². The van der Waals surface area contributed by atoms with Gasteiger partial charge in [-0.15, -0.1) is 0 Å². The molecule has 2 heteroatoms. The molecule has 0 amide bonds. The Morgan fingerprint density at radius 3 is 2.50 bits per heavy atom. The number of hydrogen-bond donors (Lipinski definition) is 0. The summed E-state index contributed by atoms with van der Waals surface area (Å²) in [5.74, 6) is 0.915. The zero-order valence-electron chi connectivity index (χ0n) is 10.3. The van der Waals surface area contributed by atoms with Crippen molar-refractivity contribution < 1.29 is 9.53 Å². The molecule has 2 unspecified atom stereocenters. The maximum Gasteiger partial charge on any atom is 0.330 e. The van der Waals surface area contributed by atoms with Crippen molar-refractivity contribution in [3.05, 3.63) is 12.7 Å². The molecule has 96 valence electrons. The van der Waals surface area contributed by atoms with Crippen LogP contribution in [-0.2, 0) is 9.53 Å². The second-order valence-electron chi connectivity index (χ2n) is 4.24. The van der Waals surface area contributed by atoms with Crippen LogP contribution in [0, 0.1) is 11.8 Å². The quantitative estimate of drug-likeness (QED) is 0.459. The van der Waals surface area contributed by atoms with Crippen molar-refractivity contribution >= 4 is 5.97 Å². The van der Waals surface area contributed by atoms with Gasteiger partial charge in [-0.2, -0.15) is 0 Å². The van der Waals surface area contributed by atoms with Gasteiger partial charge >= 0.3 is 5.97 Å². The van der Waals surface area contributed by atoms with Crippen LogP contribution in [0.2, 0.25) is 0 Å². The van der Waals surface area contributed by atoms with Crippen molar-refractivity contribution in [2.75, 3.05) is 6.61 Å². The Hall–Kier alpha value is -0.790. The Balaban J connectivity index is 0. The molecule has 0 aromatic carbocycles. The minimum atomic E-state index is -0.305. The summed E-state index contributed by atoms with van der Waals surface area (Å²) in [6, 6.07) is 0. The maximum atomic E-state index is 10.9. The van der Waals surface area contributed by atoms with Gasteiger partial charge in [0.25, 0.3) is 0 Å². The fraction of sp³-hybridized carbons (Fsp3) is 0.786. The molecule has 0 aliphatic heterocycles. The number of carbonyl (C=O) groups excluding carboxylic acids is 1. The van der Waals surface area contributed by atoms with E-state index in [1.54, 1.807) is 0 Å². The number of esters is 1. The lowest BCUT2D eigenvalue weighted by Crippen LogP contribution is -2.15. The Labute approximate surface area is 101 Å². The van der Waals surface area contributed by atoms with E-state index in [1.807, 2.05) is 0 Å². The average molecular weight is 228 g/mol. The number of carbonyl (C=O) groups is 1. The third kappa shape index (κ3) is 8.51. The Morgan fingerprint density at radius 2 is 2.06 bits per heavy atom. The van der Waals surface area contributed by atoms with E-state index in [9.17, 15) is 4.79 Å². The zero-order chi connectivity index (χ0) is 11.7. The molecular formula is C14H28O2. The maximum absolute atomic E-state index is 10.9. The Kier molecular flexibility index (Phi) is 11.8. The molecule has 0 aliphatic carbocycles. The Morgan fingerprint density at radius 1 is 1.44 bits per heavy atom. The predicted molar refractivity (Wildman–Crippen MR) is 70.4 cm³/mol. The van der Waals surface area contributed by atoms with Crippen LogP contribution in [0.4, 0.5) is 0 Å². The van der Waals surface area contributed by atoms with Gasteiger partial charge in [0.2, 0.25) is 0 Å². The summed E-state index contributed by atoms with van der Waals surface area (Å²) in [6.07, 6.45) is 5.85. The van der Waals surface area contributed by atoms with E-state index in [0.29, 0.717) is 18.4 Å². The molecule has 0 saturated heterocycles. The normalized spacial score (nSPS) is 13.4. The predicted octanol–water partition coefficient (Wildman–Crippen LogP) is 4.20. The fourth-order valence-electron chi connectivity index (χ4n) is 1.67. The van der Waals surface area contributed by atoms with Crippen LogP contribution in [0.1, 0.15) is 53.9 Å². The molecule has 0 saturated carbocycles. The topological polar surface area (TPSA) is 26.3 Å². The van der Waals surface area contributed by atoms with E-state index in [2.05, 4.69) is 27.4 Å². The van der Waals surface area contributed by atoms with Gasteiger partial charge in [-0.1, -0.05) is 47.6 Å². The molecule has 16 heavy (non-hydrogen) atoms. The summed E-state index contributed by atoms with van der Waals surface area (Å²) in [6.45, 7) is 10.5. The molecule has 0 bridgehead atoms. The van der Waals surface area contributed by atoms with Gasteiger partial charge in [0.05, 0.1) is 6.61 Å². The van der Waals surface area contributed by atoms with E-state index in [-0.39, 0.29) is 13.4 Å². The van der Waals surface area contributed by atoms with E-state index in [4.69, 9.17) is 4.74 Å². The van der Waals surface area contributed by atoms with E-state index in [0.717, 1.165) is 19.3 Å². The molecule has 0 aliphatic rings. The smallest absolute Gasteiger partial charge is 0.330 e. The highest BCUT2D eigenvalue weighted by molar-refractivity contribution is 5.81. The zero-order valence-corrected chi connectivity index (χ0v) is 10.3. The SMILES string of the molecule is C.C=CC(=O)OCC(CCC)CC(C)CC. The average Bonchev–Trinajstić information content (AvgIpc) is 2.25. The summed E-state index contributed by atoms with van der Waals surface area (Å²) in [4.78, 5) is 10.9. The molecule has 0 rings (SSSR count). The van der Waals surface area contributed by atoms with E-state index < -0.39 is 0 Å². The van der Waals surface area contributed by atoms with Crippen molar-refractivity contribution in [2.24, 2.45) is 11.8 Å². The van der Waals surface area contributed by atoms with Gasteiger partial charge in [0.1, 0.15) is 0 Å². The second kappa shape index (κ2) is 10.7.